The fraction of sp³-hybridized carbons (Fsp3) is 0. The molecule has 42 heavy (non-hydrogen) atoms. The van der Waals surface area contributed by atoms with E-state index in [1.165, 1.54) is 21.7 Å². The number of aromatic nitrogens is 3. The van der Waals surface area contributed by atoms with Crippen molar-refractivity contribution in [1.82, 2.24) is 14.1 Å². The van der Waals surface area contributed by atoms with Crippen molar-refractivity contribution in [2.75, 3.05) is 4.90 Å². The van der Waals surface area contributed by atoms with Crippen molar-refractivity contribution < 1.29 is 0 Å². The Labute approximate surface area is 251 Å². The molecule has 8 aromatic rings. The molecule has 0 saturated heterocycles. The number of nitrogens with zero attached hydrogens (tertiary/aromatic N) is 4. The fourth-order valence-electron chi connectivity index (χ4n) is 6.11. The van der Waals surface area contributed by atoms with Crippen molar-refractivity contribution in [3.63, 3.8) is 0 Å². The molecule has 0 spiro atoms. The highest BCUT2D eigenvalue weighted by atomic mass is 79.9. The van der Waals surface area contributed by atoms with Crippen molar-refractivity contribution in [3.05, 3.63) is 156 Å². The van der Waals surface area contributed by atoms with Crippen LogP contribution in [0.1, 0.15) is 0 Å². The average Bonchev–Trinajstić information content (AvgIpc) is 3.55. The SMILES string of the molecule is Brc1cc(N(c2ccccc2)c2ccccc2)cc(-n2c3cnccc3c3c4ccccc4n(-c4ccccc4)c32)c1. The van der Waals surface area contributed by atoms with Crippen LogP contribution in [-0.4, -0.2) is 14.1 Å². The first-order valence-electron chi connectivity index (χ1n) is 13.9. The predicted octanol–water partition coefficient (Wildman–Crippen LogP) is 10.4. The van der Waals surface area contributed by atoms with Gasteiger partial charge in [-0.05, 0) is 66.7 Å². The molecule has 3 aromatic heterocycles. The Balaban J connectivity index is 1.47. The zero-order valence-electron chi connectivity index (χ0n) is 22.6. The van der Waals surface area contributed by atoms with Crippen LogP contribution in [0.4, 0.5) is 17.1 Å². The average molecular weight is 606 g/mol. The first-order valence-corrected chi connectivity index (χ1v) is 14.7. The van der Waals surface area contributed by atoms with Gasteiger partial charge in [0, 0.05) is 49.6 Å². The van der Waals surface area contributed by atoms with Gasteiger partial charge in [-0.15, -0.1) is 0 Å². The third kappa shape index (κ3) is 3.93. The highest BCUT2D eigenvalue weighted by molar-refractivity contribution is 9.10. The van der Waals surface area contributed by atoms with Gasteiger partial charge in [0.25, 0.3) is 0 Å². The molecule has 0 aliphatic carbocycles. The number of anilines is 3. The Kier molecular flexibility index (Phi) is 5.90. The summed E-state index contributed by atoms with van der Waals surface area (Å²) in [6, 6.07) is 49.1. The van der Waals surface area contributed by atoms with Gasteiger partial charge in [-0.25, -0.2) is 0 Å². The van der Waals surface area contributed by atoms with E-state index in [1.54, 1.807) is 0 Å². The molecule has 5 aromatic carbocycles. The van der Waals surface area contributed by atoms with E-state index in [0.29, 0.717) is 0 Å². The molecule has 8 rings (SSSR count). The summed E-state index contributed by atoms with van der Waals surface area (Å²) in [5.41, 5.74) is 8.75. The summed E-state index contributed by atoms with van der Waals surface area (Å²) in [6.45, 7) is 0. The topological polar surface area (TPSA) is 26.0 Å². The second-order valence-electron chi connectivity index (χ2n) is 10.3. The Hall–Kier alpha value is -5.13. The van der Waals surface area contributed by atoms with Gasteiger partial charge < -0.3 is 4.90 Å². The molecule has 0 radical (unpaired) electrons. The number of halogens is 1. The Morgan fingerprint density at radius 1 is 0.524 bits per heavy atom. The lowest BCUT2D eigenvalue weighted by atomic mass is 10.1. The summed E-state index contributed by atoms with van der Waals surface area (Å²) in [4.78, 5) is 6.87. The van der Waals surface area contributed by atoms with Gasteiger partial charge in [0.05, 0.1) is 22.9 Å². The van der Waals surface area contributed by atoms with E-state index in [4.69, 9.17) is 0 Å². The van der Waals surface area contributed by atoms with Crippen molar-refractivity contribution in [2.45, 2.75) is 0 Å². The fourth-order valence-corrected chi connectivity index (χ4v) is 6.58. The molecule has 200 valence electrons. The van der Waals surface area contributed by atoms with Gasteiger partial charge in [-0.1, -0.05) is 88.7 Å². The third-order valence-electron chi connectivity index (χ3n) is 7.80. The van der Waals surface area contributed by atoms with E-state index in [9.17, 15) is 0 Å². The first-order chi connectivity index (χ1) is 20.8. The molecular formula is C37H25BrN4. The van der Waals surface area contributed by atoms with Crippen LogP contribution in [-0.2, 0) is 0 Å². The van der Waals surface area contributed by atoms with Crippen molar-refractivity contribution in [1.29, 1.82) is 0 Å². The lowest BCUT2D eigenvalue weighted by Crippen LogP contribution is -2.10. The number of para-hydroxylation sites is 4. The third-order valence-corrected chi connectivity index (χ3v) is 8.26. The number of hydrogen-bond acceptors (Lipinski definition) is 2. The summed E-state index contributed by atoms with van der Waals surface area (Å²) in [5, 5.41) is 3.61. The van der Waals surface area contributed by atoms with Crippen molar-refractivity contribution >= 4 is 65.8 Å². The van der Waals surface area contributed by atoms with Gasteiger partial charge in [0.2, 0.25) is 0 Å². The van der Waals surface area contributed by atoms with E-state index in [0.717, 1.165) is 44.1 Å². The highest BCUT2D eigenvalue weighted by Gasteiger charge is 2.23. The zero-order valence-corrected chi connectivity index (χ0v) is 24.2. The van der Waals surface area contributed by atoms with Crippen molar-refractivity contribution in [2.24, 2.45) is 0 Å². The maximum absolute atomic E-state index is 4.58. The van der Waals surface area contributed by atoms with Gasteiger partial charge in [0.1, 0.15) is 5.65 Å². The zero-order chi connectivity index (χ0) is 28.0. The molecule has 0 aliphatic heterocycles. The number of hydrogen-bond donors (Lipinski definition) is 0. The van der Waals surface area contributed by atoms with Crippen LogP contribution in [0.5, 0.6) is 0 Å². The van der Waals surface area contributed by atoms with E-state index in [2.05, 4.69) is 174 Å². The number of benzene rings is 5. The molecule has 0 N–H and O–H groups in total. The minimum absolute atomic E-state index is 0.994. The second kappa shape index (κ2) is 10.1. The largest absolute Gasteiger partial charge is 0.310 e. The monoisotopic (exact) mass is 604 g/mol. The lowest BCUT2D eigenvalue weighted by molar-refractivity contribution is 1.06. The number of pyridine rings is 1. The molecule has 0 aliphatic rings. The highest BCUT2D eigenvalue weighted by Crippen LogP contribution is 2.42. The molecule has 0 unspecified atom stereocenters. The predicted molar refractivity (Wildman–Crippen MR) is 178 cm³/mol. The summed E-state index contributed by atoms with van der Waals surface area (Å²) < 4.78 is 5.72. The summed E-state index contributed by atoms with van der Waals surface area (Å²) in [7, 11) is 0. The van der Waals surface area contributed by atoms with E-state index < -0.39 is 0 Å². The standard InChI is InChI=1S/C37H25BrN4/c38-26-22-30(40(27-12-4-1-5-13-27)28-14-6-2-7-15-28)24-31(23-26)42-35-25-39-21-20-33(35)36-32-18-10-11-19-34(32)41(37(36)42)29-16-8-3-9-17-29/h1-25H. The van der Waals surface area contributed by atoms with Crippen molar-refractivity contribution in [3.8, 4) is 11.4 Å². The quantitative estimate of drug-likeness (QED) is 0.195. The molecule has 3 heterocycles. The molecule has 0 bridgehead atoms. The molecule has 0 atom stereocenters. The lowest BCUT2D eigenvalue weighted by Gasteiger charge is -2.26. The molecule has 0 fully saturated rings. The van der Waals surface area contributed by atoms with Crippen LogP contribution in [0.25, 0.3) is 44.2 Å². The minimum atomic E-state index is 0.994. The van der Waals surface area contributed by atoms with E-state index >= 15 is 0 Å². The molecule has 0 saturated carbocycles. The van der Waals surface area contributed by atoms with Gasteiger partial charge in [0.15, 0.2) is 0 Å². The van der Waals surface area contributed by atoms with E-state index in [1.807, 2.05) is 12.4 Å². The van der Waals surface area contributed by atoms with E-state index in [-0.39, 0.29) is 0 Å². The summed E-state index contributed by atoms with van der Waals surface area (Å²) in [6.07, 6.45) is 3.87. The Morgan fingerprint density at radius 2 is 1.12 bits per heavy atom. The van der Waals surface area contributed by atoms with Gasteiger partial charge in [-0.2, -0.15) is 0 Å². The molecular weight excluding hydrogens is 580 g/mol. The van der Waals surface area contributed by atoms with Crippen LogP contribution in [0, 0.1) is 0 Å². The van der Waals surface area contributed by atoms with Crippen LogP contribution in [0.2, 0.25) is 0 Å². The van der Waals surface area contributed by atoms with Crippen LogP contribution in [0.15, 0.2) is 156 Å². The summed E-state index contributed by atoms with van der Waals surface area (Å²) in [5.74, 6) is 0. The molecule has 5 heteroatoms. The van der Waals surface area contributed by atoms with Gasteiger partial charge in [-0.3, -0.25) is 14.1 Å². The van der Waals surface area contributed by atoms with Gasteiger partial charge >= 0.3 is 0 Å². The van der Waals surface area contributed by atoms with Crippen LogP contribution >= 0.6 is 15.9 Å². The smallest absolute Gasteiger partial charge is 0.131 e. The maximum Gasteiger partial charge on any atom is 0.131 e. The summed E-state index contributed by atoms with van der Waals surface area (Å²) >= 11 is 3.88. The number of rotatable bonds is 5. The number of fused-ring (bicyclic) bond motifs is 5. The Bertz CT molecular complexity index is 2160. The maximum atomic E-state index is 4.58. The minimum Gasteiger partial charge on any atom is -0.310 e. The van der Waals surface area contributed by atoms with Crippen LogP contribution in [0.3, 0.4) is 0 Å². The molecule has 0 amide bonds. The molecule has 4 nitrogen and oxygen atoms in total. The first kappa shape index (κ1) is 24.6. The van der Waals surface area contributed by atoms with Crippen LogP contribution < -0.4 is 4.90 Å². The normalized spacial score (nSPS) is 11.5. The Morgan fingerprint density at radius 3 is 1.83 bits per heavy atom. The second-order valence-corrected chi connectivity index (χ2v) is 11.2.